The Morgan fingerprint density at radius 2 is 1.48 bits per heavy atom. The van der Waals surface area contributed by atoms with Crippen LogP contribution < -0.4 is 5.73 Å². The molecule has 2 fully saturated rings. The van der Waals surface area contributed by atoms with E-state index in [0.29, 0.717) is 5.96 Å². The standard InChI is InChI=1S/C19H33N3O/c1-22-18(23)16(12-14-8-4-2-5-9-14)17(21-19(22)20)13-15-10-6-3-7-11-15/h14-17H,2-13H2,1H3,(H2,20,21). The van der Waals surface area contributed by atoms with Crippen molar-refractivity contribution in [1.82, 2.24) is 4.90 Å². The molecular formula is C19H33N3O. The van der Waals surface area contributed by atoms with E-state index in [2.05, 4.69) is 0 Å². The van der Waals surface area contributed by atoms with E-state index in [1.165, 1.54) is 64.2 Å². The maximum atomic E-state index is 12.8. The van der Waals surface area contributed by atoms with Crippen molar-refractivity contribution >= 4 is 11.9 Å². The van der Waals surface area contributed by atoms with Gasteiger partial charge in [-0.3, -0.25) is 9.69 Å². The van der Waals surface area contributed by atoms with Crippen molar-refractivity contribution in [3.05, 3.63) is 0 Å². The molecule has 0 aromatic carbocycles. The molecule has 0 spiro atoms. The number of nitrogens with zero attached hydrogens (tertiary/aromatic N) is 2. The van der Waals surface area contributed by atoms with Crippen LogP contribution >= 0.6 is 0 Å². The Bertz CT molecular complexity index is 436. The van der Waals surface area contributed by atoms with Crippen molar-refractivity contribution in [2.24, 2.45) is 28.5 Å². The highest BCUT2D eigenvalue weighted by Crippen LogP contribution is 2.36. The first kappa shape index (κ1) is 16.8. The van der Waals surface area contributed by atoms with Crippen LogP contribution in [0.3, 0.4) is 0 Å². The van der Waals surface area contributed by atoms with Crippen LogP contribution in [0.25, 0.3) is 0 Å². The van der Waals surface area contributed by atoms with Gasteiger partial charge in [-0.05, 0) is 24.7 Å². The molecule has 130 valence electrons. The second kappa shape index (κ2) is 7.67. The first-order valence-corrected chi connectivity index (χ1v) is 9.76. The van der Waals surface area contributed by atoms with Gasteiger partial charge in [0.2, 0.25) is 5.91 Å². The molecule has 4 heteroatoms. The van der Waals surface area contributed by atoms with E-state index in [4.69, 9.17) is 10.7 Å². The van der Waals surface area contributed by atoms with Crippen molar-refractivity contribution in [2.45, 2.75) is 83.1 Å². The van der Waals surface area contributed by atoms with Crippen molar-refractivity contribution in [2.75, 3.05) is 7.05 Å². The number of aliphatic imine (C=N–C) groups is 1. The lowest BCUT2D eigenvalue weighted by atomic mass is 9.76. The zero-order valence-corrected chi connectivity index (χ0v) is 14.7. The summed E-state index contributed by atoms with van der Waals surface area (Å²) < 4.78 is 0. The molecule has 3 aliphatic rings. The zero-order chi connectivity index (χ0) is 16.2. The third-order valence-electron chi connectivity index (χ3n) is 6.37. The molecule has 23 heavy (non-hydrogen) atoms. The van der Waals surface area contributed by atoms with Crippen LogP contribution in [-0.2, 0) is 4.79 Å². The average molecular weight is 319 g/mol. The minimum Gasteiger partial charge on any atom is -0.369 e. The zero-order valence-electron chi connectivity index (χ0n) is 14.7. The molecule has 2 unspecified atom stereocenters. The number of nitrogens with two attached hydrogens (primary N) is 1. The van der Waals surface area contributed by atoms with E-state index in [1.807, 2.05) is 0 Å². The third-order valence-corrected chi connectivity index (χ3v) is 6.37. The Labute approximate surface area is 140 Å². The third kappa shape index (κ3) is 4.07. The number of rotatable bonds is 4. The summed E-state index contributed by atoms with van der Waals surface area (Å²) >= 11 is 0. The van der Waals surface area contributed by atoms with E-state index in [0.717, 1.165) is 24.7 Å². The molecule has 4 nitrogen and oxygen atoms in total. The van der Waals surface area contributed by atoms with Gasteiger partial charge >= 0.3 is 0 Å². The van der Waals surface area contributed by atoms with Crippen LogP contribution in [0.4, 0.5) is 0 Å². The number of amides is 1. The fraction of sp³-hybridized carbons (Fsp3) is 0.895. The van der Waals surface area contributed by atoms with Crippen molar-refractivity contribution in [3.63, 3.8) is 0 Å². The molecule has 0 aromatic rings. The van der Waals surface area contributed by atoms with E-state index < -0.39 is 0 Å². The maximum absolute atomic E-state index is 12.8. The average Bonchev–Trinajstić information content (AvgIpc) is 2.58. The Morgan fingerprint density at radius 1 is 0.957 bits per heavy atom. The molecule has 1 aliphatic heterocycles. The summed E-state index contributed by atoms with van der Waals surface area (Å²) in [4.78, 5) is 19.2. The van der Waals surface area contributed by atoms with Gasteiger partial charge in [-0.1, -0.05) is 64.2 Å². The molecule has 3 rings (SSSR count). The van der Waals surface area contributed by atoms with Gasteiger partial charge in [0, 0.05) is 7.05 Å². The number of guanidine groups is 1. The van der Waals surface area contributed by atoms with Gasteiger partial charge in [-0.25, -0.2) is 4.99 Å². The van der Waals surface area contributed by atoms with Gasteiger partial charge in [0.05, 0.1) is 12.0 Å². The topological polar surface area (TPSA) is 58.7 Å². The fourth-order valence-corrected chi connectivity index (χ4v) is 4.89. The van der Waals surface area contributed by atoms with Crippen LogP contribution in [0.2, 0.25) is 0 Å². The maximum Gasteiger partial charge on any atom is 0.234 e. The van der Waals surface area contributed by atoms with E-state index in [-0.39, 0.29) is 17.9 Å². The SMILES string of the molecule is CN1C(=O)C(CC2CCCCC2)C(CC2CCCCC2)N=C1N. The lowest BCUT2D eigenvalue weighted by molar-refractivity contribution is -0.133. The van der Waals surface area contributed by atoms with Crippen LogP contribution in [-0.4, -0.2) is 29.9 Å². The highest BCUT2D eigenvalue weighted by molar-refractivity contribution is 5.99. The summed E-state index contributed by atoms with van der Waals surface area (Å²) in [6.07, 6.45) is 15.4. The largest absolute Gasteiger partial charge is 0.369 e. The molecule has 1 amide bonds. The lowest BCUT2D eigenvalue weighted by Crippen LogP contribution is -2.51. The Kier molecular flexibility index (Phi) is 5.60. The lowest BCUT2D eigenvalue weighted by Gasteiger charge is -2.37. The van der Waals surface area contributed by atoms with Gasteiger partial charge in [-0.2, -0.15) is 0 Å². The number of hydrogen-bond donors (Lipinski definition) is 1. The highest BCUT2D eigenvalue weighted by atomic mass is 16.2. The summed E-state index contributed by atoms with van der Waals surface area (Å²) in [5, 5.41) is 0. The van der Waals surface area contributed by atoms with Crippen LogP contribution in [0, 0.1) is 17.8 Å². The molecule has 2 N–H and O–H groups in total. The number of carbonyl (C=O) groups excluding carboxylic acids is 1. The quantitative estimate of drug-likeness (QED) is 0.859. The molecule has 0 aromatic heterocycles. The fourth-order valence-electron chi connectivity index (χ4n) is 4.89. The number of hydrogen-bond acceptors (Lipinski definition) is 3. The second-order valence-electron chi connectivity index (χ2n) is 8.04. The van der Waals surface area contributed by atoms with E-state index in [9.17, 15) is 4.79 Å². The summed E-state index contributed by atoms with van der Waals surface area (Å²) in [5.74, 6) is 2.17. The molecule has 0 bridgehead atoms. The van der Waals surface area contributed by atoms with Gasteiger partial charge in [0.1, 0.15) is 0 Å². The first-order chi connectivity index (χ1) is 11.1. The minimum absolute atomic E-state index is 0.0670. The molecule has 2 saturated carbocycles. The van der Waals surface area contributed by atoms with Gasteiger partial charge in [0.15, 0.2) is 5.96 Å². The van der Waals surface area contributed by atoms with Crippen molar-refractivity contribution < 1.29 is 4.79 Å². The summed E-state index contributed by atoms with van der Waals surface area (Å²) in [7, 11) is 1.78. The first-order valence-electron chi connectivity index (χ1n) is 9.76. The molecule has 1 heterocycles. The molecule has 0 saturated heterocycles. The summed E-state index contributed by atoms with van der Waals surface area (Å²) in [6, 6.07) is 0.128. The monoisotopic (exact) mass is 319 g/mol. The van der Waals surface area contributed by atoms with E-state index >= 15 is 0 Å². The Hall–Kier alpha value is -1.06. The predicted molar refractivity (Wildman–Crippen MR) is 94.1 cm³/mol. The van der Waals surface area contributed by atoms with Gasteiger partial charge in [-0.15, -0.1) is 0 Å². The van der Waals surface area contributed by atoms with Crippen molar-refractivity contribution in [3.8, 4) is 0 Å². The number of carbonyl (C=O) groups is 1. The predicted octanol–water partition coefficient (Wildman–Crippen LogP) is 3.70. The van der Waals surface area contributed by atoms with Gasteiger partial charge in [0.25, 0.3) is 0 Å². The summed E-state index contributed by atoms with van der Waals surface area (Å²) in [5.41, 5.74) is 6.01. The Morgan fingerprint density at radius 3 is 2.04 bits per heavy atom. The summed E-state index contributed by atoms with van der Waals surface area (Å²) in [6.45, 7) is 0. The normalized spacial score (nSPS) is 31.3. The Balaban J connectivity index is 1.69. The molecule has 2 aliphatic carbocycles. The van der Waals surface area contributed by atoms with Crippen LogP contribution in [0.1, 0.15) is 77.0 Å². The highest BCUT2D eigenvalue weighted by Gasteiger charge is 2.38. The molecule has 2 atom stereocenters. The van der Waals surface area contributed by atoms with Crippen LogP contribution in [0.5, 0.6) is 0 Å². The van der Waals surface area contributed by atoms with Crippen molar-refractivity contribution in [1.29, 1.82) is 0 Å². The minimum atomic E-state index is 0.0670. The van der Waals surface area contributed by atoms with E-state index in [1.54, 1.807) is 11.9 Å². The molecule has 0 radical (unpaired) electrons. The second-order valence-corrected chi connectivity index (χ2v) is 8.04. The smallest absolute Gasteiger partial charge is 0.234 e. The molecular weight excluding hydrogens is 286 g/mol. The van der Waals surface area contributed by atoms with Gasteiger partial charge < -0.3 is 5.73 Å². The van der Waals surface area contributed by atoms with Crippen LogP contribution in [0.15, 0.2) is 4.99 Å².